The van der Waals surface area contributed by atoms with Crippen molar-refractivity contribution in [2.45, 2.75) is 44.1 Å². The quantitative estimate of drug-likeness (QED) is 0.753. The Labute approximate surface area is 147 Å². The highest BCUT2D eigenvalue weighted by molar-refractivity contribution is 7.12. The van der Waals surface area contributed by atoms with Crippen molar-refractivity contribution < 1.29 is 4.74 Å². The maximum atomic E-state index is 6.18. The van der Waals surface area contributed by atoms with Crippen molar-refractivity contribution in [2.24, 2.45) is 0 Å². The van der Waals surface area contributed by atoms with Gasteiger partial charge in [0.2, 0.25) is 0 Å². The largest absolute Gasteiger partial charge is 0.497 e. The van der Waals surface area contributed by atoms with E-state index in [4.69, 9.17) is 16.3 Å². The molecular weight excluding hydrogens is 326 g/mol. The van der Waals surface area contributed by atoms with Gasteiger partial charge in [0.05, 0.1) is 7.11 Å². The summed E-state index contributed by atoms with van der Waals surface area (Å²) in [6.45, 7) is 4.30. The van der Waals surface area contributed by atoms with Crippen molar-refractivity contribution >= 4 is 22.9 Å². The molecule has 2 atom stereocenters. The minimum absolute atomic E-state index is 0.214. The molecule has 2 aromatic rings. The zero-order valence-electron chi connectivity index (χ0n) is 13.6. The molecule has 2 nitrogen and oxygen atoms in total. The second-order valence-electron chi connectivity index (χ2n) is 6.65. The molecule has 3 heterocycles. The Morgan fingerprint density at radius 2 is 2.22 bits per heavy atom. The van der Waals surface area contributed by atoms with Crippen LogP contribution in [-0.2, 0) is 25.8 Å². The predicted octanol–water partition coefficient (Wildman–Crippen LogP) is 4.58. The molecule has 1 aromatic heterocycles. The Bertz CT molecular complexity index is 724. The lowest BCUT2D eigenvalue weighted by atomic mass is 9.87. The van der Waals surface area contributed by atoms with Crippen LogP contribution >= 0.6 is 22.9 Å². The van der Waals surface area contributed by atoms with Crippen molar-refractivity contribution in [1.82, 2.24) is 4.90 Å². The summed E-state index contributed by atoms with van der Waals surface area (Å²) in [6, 6.07) is 9.51. The van der Waals surface area contributed by atoms with Crippen LogP contribution in [0.3, 0.4) is 0 Å². The van der Waals surface area contributed by atoms with Crippen LogP contribution in [-0.4, -0.2) is 23.9 Å². The van der Waals surface area contributed by atoms with Gasteiger partial charge in [0, 0.05) is 40.7 Å². The minimum Gasteiger partial charge on any atom is -0.497 e. The van der Waals surface area contributed by atoms with Crippen molar-refractivity contribution in [3.8, 4) is 5.75 Å². The minimum atomic E-state index is 0.214. The van der Waals surface area contributed by atoms with Crippen molar-refractivity contribution in [1.29, 1.82) is 0 Å². The highest BCUT2D eigenvalue weighted by Gasteiger charge is 2.33. The summed E-state index contributed by atoms with van der Waals surface area (Å²) >= 11 is 8.14. The molecule has 122 valence electrons. The summed E-state index contributed by atoms with van der Waals surface area (Å²) in [7, 11) is 1.74. The fourth-order valence-corrected chi connectivity index (χ4v) is 5.51. The number of ether oxygens (including phenoxy) is 1. The molecule has 0 saturated heterocycles. The number of hydrogen-bond acceptors (Lipinski definition) is 3. The second-order valence-corrected chi connectivity index (χ2v) is 8.62. The van der Waals surface area contributed by atoms with Gasteiger partial charge in [0.15, 0.2) is 0 Å². The molecule has 2 unspecified atom stereocenters. The topological polar surface area (TPSA) is 12.5 Å². The molecule has 0 spiro atoms. The molecule has 0 N–H and O–H groups in total. The first-order valence-electron chi connectivity index (χ1n) is 8.29. The third kappa shape index (κ3) is 2.90. The van der Waals surface area contributed by atoms with Crippen LogP contribution in [0.15, 0.2) is 24.3 Å². The highest BCUT2D eigenvalue weighted by Crippen LogP contribution is 2.41. The molecule has 2 aliphatic rings. The van der Waals surface area contributed by atoms with Gasteiger partial charge in [-0.25, -0.2) is 0 Å². The van der Waals surface area contributed by atoms with Crippen LogP contribution in [0.25, 0.3) is 0 Å². The van der Waals surface area contributed by atoms with Gasteiger partial charge in [0.25, 0.3) is 0 Å². The van der Waals surface area contributed by atoms with Gasteiger partial charge in [0.1, 0.15) is 5.75 Å². The van der Waals surface area contributed by atoms with Crippen molar-refractivity contribution in [3.63, 3.8) is 0 Å². The number of alkyl halides is 1. The highest BCUT2D eigenvalue weighted by atomic mass is 35.5. The molecule has 4 rings (SSSR count). The number of rotatable bonds is 3. The van der Waals surface area contributed by atoms with Crippen LogP contribution in [0, 0.1) is 0 Å². The Kier molecular flexibility index (Phi) is 4.12. The lowest BCUT2D eigenvalue weighted by Crippen LogP contribution is -2.38. The lowest BCUT2D eigenvalue weighted by molar-refractivity contribution is 0.162. The summed E-state index contributed by atoms with van der Waals surface area (Å²) in [4.78, 5) is 5.63. The first kappa shape index (κ1) is 15.5. The van der Waals surface area contributed by atoms with Gasteiger partial charge < -0.3 is 4.74 Å². The van der Waals surface area contributed by atoms with Gasteiger partial charge in [-0.2, -0.15) is 0 Å². The average molecular weight is 348 g/mol. The lowest BCUT2D eigenvalue weighted by Gasteiger charge is -2.40. The molecule has 1 aromatic carbocycles. The van der Waals surface area contributed by atoms with E-state index in [9.17, 15) is 0 Å². The standard InChI is InChI=1S/C19H22ClNOS/c1-12(20)7-16-9-14-11-21-6-5-13-8-15(22-2)3-4-17(13)18(21)10-19(14)23-16/h3-4,8-9,12,18H,5-7,10-11H2,1-2H3. The van der Waals surface area contributed by atoms with E-state index in [-0.39, 0.29) is 5.38 Å². The van der Waals surface area contributed by atoms with E-state index in [2.05, 4.69) is 36.1 Å². The summed E-state index contributed by atoms with van der Waals surface area (Å²) < 4.78 is 5.39. The third-order valence-corrected chi connectivity index (χ3v) is 6.38. The summed E-state index contributed by atoms with van der Waals surface area (Å²) in [5, 5.41) is 0.214. The summed E-state index contributed by atoms with van der Waals surface area (Å²) in [5.41, 5.74) is 4.47. The number of hydrogen-bond donors (Lipinski definition) is 0. The summed E-state index contributed by atoms with van der Waals surface area (Å²) in [6.07, 6.45) is 3.24. The Balaban J connectivity index is 1.64. The zero-order valence-corrected chi connectivity index (χ0v) is 15.2. The normalized spacial score (nSPS) is 21.3. The van der Waals surface area contributed by atoms with E-state index < -0.39 is 0 Å². The molecule has 4 heteroatoms. The fourth-order valence-electron chi connectivity index (χ4n) is 3.90. The molecule has 0 amide bonds. The predicted molar refractivity (Wildman–Crippen MR) is 96.9 cm³/mol. The summed E-state index contributed by atoms with van der Waals surface area (Å²) in [5.74, 6) is 0.975. The Morgan fingerprint density at radius 3 is 3.00 bits per heavy atom. The van der Waals surface area contributed by atoms with Crippen LogP contribution in [0.1, 0.15) is 39.4 Å². The van der Waals surface area contributed by atoms with Crippen molar-refractivity contribution in [2.75, 3.05) is 13.7 Å². The maximum absolute atomic E-state index is 6.18. The van der Waals surface area contributed by atoms with Crippen LogP contribution in [0.4, 0.5) is 0 Å². The van der Waals surface area contributed by atoms with Gasteiger partial charge in [-0.15, -0.1) is 22.9 Å². The molecule has 0 aliphatic carbocycles. The smallest absolute Gasteiger partial charge is 0.119 e. The van der Waals surface area contributed by atoms with E-state index in [0.717, 1.165) is 38.1 Å². The number of benzene rings is 1. The molecule has 0 radical (unpaired) electrons. The van der Waals surface area contributed by atoms with Crippen LogP contribution in [0.5, 0.6) is 5.75 Å². The monoisotopic (exact) mass is 347 g/mol. The molecule has 0 saturated carbocycles. The third-order valence-electron chi connectivity index (χ3n) is 5.00. The molecular formula is C19H22ClNOS. The van der Waals surface area contributed by atoms with E-state index in [1.165, 1.54) is 21.6 Å². The number of thiophene rings is 1. The number of methoxy groups -OCH3 is 1. The average Bonchev–Trinajstić information content (AvgIpc) is 2.92. The van der Waals surface area contributed by atoms with E-state index >= 15 is 0 Å². The molecule has 0 bridgehead atoms. The van der Waals surface area contributed by atoms with E-state index in [0.29, 0.717) is 6.04 Å². The number of nitrogens with zero attached hydrogens (tertiary/aromatic N) is 1. The van der Waals surface area contributed by atoms with Crippen LogP contribution in [0.2, 0.25) is 0 Å². The molecule has 23 heavy (non-hydrogen) atoms. The fraction of sp³-hybridized carbons (Fsp3) is 0.474. The van der Waals surface area contributed by atoms with Gasteiger partial charge in [-0.3, -0.25) is 4.90 Å². The number of halogens is 1. The Morgan fingerprint density at radius 1 is 1.35 bits per heavy atom. The molecule has 2 aliphatic heterocycles. The van der Waals surface area contributed by atoms with Crippen LogP contribution < -0.4 is 4.74 Å². The van der Waals surface area contributed by atoms with Gasteiger partial charge in [-0.1, -0.05) is 6.07 Å². The number of fused-ring (bicyclic) bond motifs is 4. The molecule has 0 fully saturated rings. The van der Waals surface area contributed by atoms with Gasteiger partial charge in [-0.05, 0) is 54.7 Å². The van der Waals surface area contributed by atoms with Gasteiger partial charge >= 0.3 is 0 Å². The Hall–Kier alpha value is -1.03. The van der Waals surface area contributed by atoms with Crippen molar-refractivity contribution in [3.05, 3.63) is 50.7 Å². The first-order valence-corrected chi connectivity index (χ1v) is 9.54. The van der Waals surface area contributed by atoms with E-state index in [1.807, 2.05) is 11.3 Å². The zero-order chi connectivity index (χ0) is 16.0. The SMILES string of the molecule is COc1ccc2c(c1)CCN1Cc3cc(CC(C)Cl)sc3CC21. The first-order chi connectivity index (χ1) is 11.1. The maximum Gasteiger partial charge on any atom is 0.119 e. The van der Waals surface area contributed by atoms with E-state index in [1.54, 1.807) is 12.0 Å². The second kappa shape index (κ2) is 6.12.